The van der Waals surface area contributed by atoms with Gasteiger partial charge in [0.05, 0.1) is 6.07 Å². The first-order valence-electron chi connectivity index (χ1n) is 3.67. The number of hydrogen-bond acceptors (Lipinski definition) is 3. The molecule has 0 atom stereocenters. The number of rotatable bonds is 3. The summed E-state index contributed by atoms with van der Waals surface area (Å²) in [4.78, 5) is 10.9. The largest absolute Gasteiger partial charge is 0.343 e. The molecule has 2 N–H and O–H groups in total. The monoisotopic (exact) mass is 153 g/mol. The van der Waals surface area contributed by atoms with Gasteiger partial charge in [-0.1, -0.05) is 0 Å². The topological polar surface area (TPSA) is 64.9 Å². The van der Waals surface area contributed by atoms with Gasteiger partial charge in [-0.25, -0.2) is 0 Å². The minimum absolute atomic E-state index is 0.0157. The Morgan fingerprint density at radius 2 is 2.45 bits per heavy atom. The predicted molar refractivity (Wildman–Crippen MR) is 39.6 cm³/mol. The Hall–Kier alpha value is -1.08. The zero-order valence-electron chi connectivity index (χ0n) is 6.26. The van der Waals surface area contributed by atoms with Crippen LogP contribution in [0.4, 0.5) is 0 Å². The fourth-order valence-corrected chi connectivity index (χ4v) is 0.965. The summed E-state index contributed by atoms with van der Waals surface area (Å²) in [6.45, 7) is 1.99. The van der Waals surface area contributed by atoms with E-state index in [1.807, 2.05) is 6.07 Å². The summed E-state index contributed by atoms with van der Waals surface area (Å²) in [7, 11) is 0. The van der Waals surface area contributed by atoms with Crippen LogP contribution < -0.4 is 10.6 Å². The highest BCUT2D eigenvalue weighted by Gasteiger charge is 2.19. The first-order valence-corrected chi connectivity index (χ1v) is 3.67. The summed E-state index contributed by atoms with van der Waals surface area (Å²) < 4.78 is 0. The number of hydrogen-bond donors (Lipinski definition) is 2. The smallest absolute Gasteiger partial charge is 0.221 e. The Labute approximate surface area is 65.6 Å². The fraction of sp³-hybridized carbons (Fsp3) is 0.714. The Balaban J connectivity index is 2.06. The average Bonchev–Trinajstić information content (AvgIpc) is 1.93. The number of carbonyl (C=O) groups excluding carboxylic acids is 1. The van der Waals surface area contributed by atoms with Gasteiger partial charge < -0.3 is 10.6 Å². The quantitative estimate of drug-likeness (QED) is 0.523. The van der Waals surface area contributed by atoms with Crippen molar-refractivity contribution in [1.82, 2.24) is 10.6 Å². The van der Waals surface area contributed by atoms with E-state index in [4.69, 9.17) is 5.26 Å². The van der Waals surface area contributed by atoms with E-state index in [0.717, 1.165) is 13.1 Å². The van der Waals surface area contributed by atoms with Crippen LogP contribution in [-0.2, 0) is 4.79 Å². The standard InChI is InChI=1S/C7H11N3O/c8-1-2-10-7(11)3-6-4-9-5-6/h6,9H,2-5H2,(H,10,11). The third-order valence-electron chi connectivity index (χ3n) is 1.70. The molecule has 11 heavy (non-hydrogen) atoms. The maximum atomic E-state index is 10.9. The fourth-order valence-electron chi connectivity index (χ4n) is 0.965. The van der Waals surface area contributed by atoms with E-state index in [9.17, 15) is 4.79 Å². The van der Waals surface area contributed by atoms with Gasteiger partial charge in [-0.2, -0.15) is 5.26 Å². The highest BCUT2D eigenvalue weighted by Crippen LogP contribution is 2.06. The van der Waals surface area contributed by atoms with Crippen LogP contribution >= 0.6 is 0 Å². The second-order valence-corrected chi connectivity index (χ2v) is 2.66. The van der Waals surface area contributed by atoms with Gasteiger partial charge in [0.15, 0.2) is 0 Å². The molecular weight excluding hydrogens is 142 g/mol. The van der Waals surface area contributed by atoms with Crippen LogP contribution in [0.2, 0.25) is 0 Å². The molecule has 4 heteroatoms. The van der Waals surface area contributed by atoms with Gasteiger partial charge >= 0.3 is 0 Å². The third kappa shape index (κ3) is 2.56. The molecule has 0 aromatic rings. The first kappa shape index (κ1) is 8.02. The van der Waals surface area contributed by atoms with Gasteiger partial charge in [0, 0.05) is 6.42 Å². The van der Waals surface area contributed by atoms with Crippen molar-refractivity contribution < 1.29 is 4.79 Å². The number of nitrogens with one attached hydrogen (secondary N) is 2. The Kier molecular flexibility index (Phi) is 2.87. The molecule has 0 aromatic carbocycles. The Morgan fingerprint density at radius 1 is 1.73 bits per heavy atom. The number of nitriles is 1. The SMILES string of the molecule is N#CCNC(=O)CC1CNC1. The van der Waals surface area contributed by atoms with E-state index in [-0.39, 0.29) is 12.5 Å². The molecule has 0 aromatic heterocycles. The molecule has 1 aliphatic heterocycles. The van der Waals surface area contributed by atoms with Gasteiger partial charge in [-0.3, -0.25) is 4.79 Å². The van der Waals surface area contributed by atoms with Crippen molar-refractivity contribution in [2.24, 2.45) is 5.92 Å². The molecule has 4 nitrogen and oxygen atoms in total. The van der Waals surface area contributed by atoms with Gasteiger partial charge in [-0.15, -0.1) is 0 Å². The van der Waals surface area contributed by atoms with Crippen LogP contribution in [0, 0.1) is 17.2 Å². The van der Waals surface area contributed by atoms with E-state index in [0.29, 0.717) is 12.3 Å². The van der Waals surface area contributed by atoms with E-state index in [2.05, 4.69) is 10.6 Å². The second kappa shape index (κ2) is 3.94. The zero-order valence-corrected chi connectivity index (χ0v) is 6.26. The van der Waals surface area contributed by atoms with Crippen LogP contribution in [0.15, 0.2) is 0 Å². The summed E-state index contributed by atoms with van der Waals surface area (Å²) >= 11 is 0. The molecule has 1 aliphatic rings. The van der Waals surface area contributed by atoms with Crippen LogP contribution in [-0.4, -0.2) is 25.5 Å². The van der Waals surface area contributed by atoms with Crippen LogP contribution in [0.25, 0.3) is 0 Å². The lowest BCUT2D eigenvalue weighted by Gasteiger charge is -2.25. The van der Waals surface area contributed by atoms with Crippen LogP contribution in [0.1, 0.15) is 6.42 Å². The molecule has 1 fully saturated rings. The molecule has 1 saturated heterocycles. The number of carbonyl (C=O) groups is 1. The molecule has 0 saturated carbocycles. The minimum atomic E-state index is -0.0157. The Bertz CT molecular complexity index is 181. The van der Waals surface area contributed by atoms with Crippen molar-refractivity contribution in [3.05, 3.63) is 0 Å². The van der Waals surface area contributed by atoms with Gasteiger partial charge in [-0.05, 0) is 19.0 Å². The number of nitrogens with zero attached hydrogens (tertiary/aromatic N) is 1. The number of amides is 1. The predicted octanol–water partition coefficient (Wildman–Crippen LogP) is -0.764. The van der Waals surface area contributed by atoms with Crippen molar-refractivity contribution in [3.63, 3.8) is 0 Å². The van der Waals surface area contributed by atoms with Crippen molar-refractivity contribution in [3.8, 4) is 6.07 Å². The van der Waals surface area contributed by atoms with Crippen molar-refractivity contribution >= 4 is 5.91 Å². The molecule has 0 unspecified atom stereocenters. The first-order chi connectivity index (χ1) is 5.33. The second-order valence-electron chi connectivity index (χ2n) is 2.66. The lowest BCUT2D eigenvalue weighted by Crippen LogP contribution is -2.44. The maximum Gasteiger partial charge on any atom is 0.221 e. The van der Waals surface area contributed by atoms with Crippen LogP contribution in [0.5, 0.6) is 0 Å². The van der Waals surface area contributed by atoms with Gasteiger partial charge in [0.2, 0.25) is 5.91 Å². The summed E-state index contributed by atoms with van der Waals surface area (Å²) in [5.74, 6) is 0.465. The van der Waals surface area contributed by atoms with Crippen molar-refractivity contribution in [1.29, 1.82) is 5.26 Å². The zero-order chi connectivity index (χ0) is 8.10. The van der Waals surface area contributed by atoms with E-state index < -0.39 is 0 Å². The van der Waals surface area contributed by atoms with Crippen LogP contribution in [0.3, 0.4) is 0 Å². The summed E-state index contributed by atoms with van der Waals surface area (Å²) in [6.07, 6.45) is 0.550. The molecule has 0 radical (unpaired) electrons. The highest BCUT2D eigenvalue weighted by molar-refractivity contribution is 5.76. The molecule has 0 aliphatic carbocycles. The minimum Gasteiger partial charge on any atom is -0.343 e. The van der Waals surface area contributed by atoms with E-state index in [1.54, 1.807) is 0 Å². The van der Waals surface area contributed by atoms with Crippen molar-refractivity contribution in [2.75, 3.05) is 19.6 Å². The maximum absolute atomic E-state index is 10.9. The van der Waals surface area contributed by atoms with E-state index in [1.165, 1.54) is 0 Å². The molecule has 60 valence electrons. The van der Waals surface area contributed by atoms with E-state index >= 15 is 0 Å². The normalized spacial score (nSPS) is 16.6. The molecular formula is C7H11N3O. The van der Waals surface area contributed by atoms with Gasteiger partial charge in [0.25, 0.3) is 0 Å². The highest BCUT2D eigenvalue weighted by atomic mass is 16.1. The third-order valence-corrected chi connectivity index (χ3v) is 1.70. The summed E-state index contributed by atoms with van der Waals surface area (Å²) in [6, 6.07) is 1.86. The molecule has 0 spiro atoms. The molecule has 0 bridgehead atoms. The summed E-state index contributed by atoms with van der Waals surface area (Å²) in [5.41, 5.74) is 0. The molecule has 1 amide bonds. The lowest BCUT2D eigenvalue weighted by molar-refractivity contribution is -0.122. The molecule has 1 heterocycles. The van der Waals surface area contributed by atoms with Crippen molar-refractivity contribution in [2.45, 2.75) is 6.42 Å². The lowest BCUT2D eigenvalue weighted by atomic mass is 9.99. The molecule has 1 rings (SSSR count). The Morgan fingerprint density at radius 3 is 2.91 bits per heavy atom. The average molecular weight is 153 g/mol. The van der Waals surface area contributed by atoms with Gasteiger partial charge in [0.1, 0.15) is 6.54 Å². The summed E-state index contributed by atoms with van der Waals surface area (Å²) in [5, 5.41) is 13.7.